The Hall–Kier alpha value is -3.37. The first kappa shape index (κ1) is 19.4. The molecule has 2 aromatic carbocycles. The lowest BCUT2D eigenvalue weighted by molar-refractivity contribution is -0.123. The number of nitrogens with zero attached hydrogens (tertiary/aromatic N) is 3. The van der Waals surface area contributed by atoms with E-state index >= 15 is 0 Å². The molecule has 1 fully saturated rings. The average Bonchev–Trinajstić information content (AvgIpc) is 2.69. The third-order valence-corrected chi connectivity index (χ3v) is 4.64. The van der Waals surface area contributed by atoms with Crippen LogP contribution in [0, 0.1) is 11.3 Å². The van der Waals surface area contributed by atoms with Crippen molar-refractivity contribution in [2.75, 3.05) is 48.8 Å². The summed E-state index contributed by atoms with van der Waals surface area (Å²) in [6, 6.07) is 16.2. The molecule has 0 saturated carbocycles. The molecule has 0 radical (unpaired) electrons. The van der Waals surface area contributed by atoms with Crippen LogP contribution in [0.4, 0.5) is 17.1 Å². The van der Waals surface area contributed by atoms with Crippen LogP contribution in [-0.2, 0) is 9.59 Å². The van der Waals surface area contributed by atoms with Crippen molar-refractivity contribution in [1.29, 1.82) is 5.26 Å². The molecular weight excluding hydrogens is 354 g/mol. The molecule has 0 bridgehead atoms. The van der Waals surface area contributed by atoms with Gasteiger partial charge in [0.15, 0.2) is 0 Å². The zero-order valence-electron chi connectivity index (χ0n) is 15.8. The van der Waals surface area contributed by atoms with Crippen LogP contribution in [0.1, 0.15) is 12.0 Å². The number of likely N-dealkylation sites (N-methyl/N-ethyl adjacent to an activating group) is 1. The van der Waals surface area contributed by atoms with Crippen molar-refractivity contribution in [2.24, 2.45) is 0 Å². The number of piperazine rings is 1. The summed E-state index contributed by atoms with van der Waals surface area (Å²) in [6.07, 6.45) is -0.278. The van der Waals surface area contributed by atoms with Crippen LogP contribution >= 0.6 is 0 Å². The Morgan fingerprint density at radius 3 is 1.89 bits per heavy atom. The molecule has 1 heterocycles. The van der Waals surface area contributed by atoms with Crippen molar-refractivity contribution in [3.8, 4) is 6.07 Å². The van der Waals surface area contributed by atoms with Crippen LogP contribution in [0.25, 0.3) is 0 Å². The summed E-state index contributed by atoms with van der Waals surface area (Å²) in [5.74, 6) is -0.783. The van der Waals surface area contributed by atoms with Gasteiger partial charge < -0.3 is 20.4 Å². The number of anilines is 3. The summed E-state index contributed by atoms with van der Waals surface area (Å²) >= 11 is 0. The van der Waals surface area contributed by atoms with Crippen molar-refractivity contribution in [3.63, 3.8) is 0 Å². The molecule has 0 unspecified atom stereocenters. The van der Waals surface area contributed by atoms with E-state index in [9.17, 15) is 9.59 Å². The second-order valence-electron chi connectivity index (χ2n) is 6.80. The molecule has 0 aromatic heterocycles. The molecule has 0 spiro atoms. The van der Waals surface area contributed by atoms with Crippen LogP contribution in [0.15, 0.2) is 48.5 Å². The fraction of sp³-hybridized carbons (Fsp3) is 0.286. The van der Waals surface area contributed by atoms with Gasteiger partial charge in [-0.3, -0.25) is 9.59 Å². The predicted octanol–water partition coefficient (Wildman–Crippen LogP) is 2.28. The average molecular weight is 377 g/mol. The van der Waals surface area contributed by atoms with E-state index in [1.54, 1.807) is 24.3 Å². The van der Waals surface area contributed by atoms with Crippen LogP contribution in [-0.4, -0.2) is 49.9 Å². The van der Waals surface area contributed by atoms with Crippen molar-refractivity contribution < 1.29 is 9.59 Å². The number of hydrogen-bond donors (Lipinski definition) is 2. The maximum Gasteiger partial charge on any atom is 0.233 e. The van der Waals surface area contributed by atoms with Gasteiger partial charge in [-0.25, -0.2) is 0 Å². The molecule has 0 aliphatic carbocycles. The van der Waals surface area contributed by atoms with Gasteiger partial charge in [-0.1, -0.05) is 0 Å². The quantitative estimate of drug-likeness (QED) is 0.781. The lowest BCUT2D eigenvalue weighted by Gasteiger charge is -2.34. The molecule has 2 amide bonds. The number of benzene rings is 2. The summed E-state index contributed by atoms with van der Waals surface area (Å²) in [5, 5.41) is 14.2. The number of nitriles is 1. The summed E-state index contributed by atoms with van der Waals surface area (Å²) in [7, 11) is 2.12. The first-order valence-corrected chi connectivity index (χ1v) is 9.17. The van der Waals surface area contributed by atoms with Gasteiger partial charge in [-0.15, -0.1) is 0 Å². The predicted molar refractivity (Wildman–Crippen MR) is 109 cm³/mol. The van der Waals surface area contributed by atoms with Gasteiger partial charge in [-0.05, 0) is 55.6 Å². The molecule has 2 N–H and O–H groups in total. The molecule has 28 heavy (non-hydrogen) atoms. The molecule has 7 nitrogen and oxygen atoms in total. The second kappa shape index (κ2) is 9.02. The molecule has 1 saturated heterocycles. The molecular formula is C21H23N5O2. The number of rotatable bonds is 5. The topological polar surface area (TPSA) is 88.5 Å². The Morgan fingerprint density at radius 2 is 1.39 bits per heavy atom. The highest BCUT2D eigenvalue weighted by molar-refractivity contribution is 6.08. The lowest BCUT2D eigenvalue weighted by atomic mass is 10.2. The summed E-state index contributed by atoms with van der Waals surface area (Å²) in [4.78, 5) is 28.7. The van der Waals surface area contributed by atoms with Crippen molar-refractivity contribution in [3.05, 3.63) is 54.1 Å². The van der Waals surface area contributed by atoms with E-state index < -0.39 is 5.91 Å². The fourth-order valence-electron chi connectivity index (χ4n) is 3.00. The molecule has 0 atom stereocenters. The number of nitrogens with one attached hydrogen (secondary N) is 2. The van der Waals surface area contributed by atoms with Gasteiger partial charge in [-0.2, -0.15) is 5.26 Å². The molecule has 1 aliphatic rings. The van der Waals surface area contributed by atoms with E-state index in [0.717, 1.165) is 31.9 Å². The maximum absolute atomic E-state index is 12.1. The first-order chi connectivity index (χ1) is 13.5. The van der Waals surface area contributed by atoms with Gasteiger partial charge in [0.2, 0.25) is 11.8 Å². The summed E-state index contributed by atoms with van der Waals surface area (Å²) in [5.41, 5.74) is 2.85. The molecule has 7 heteroatoms. The van der Waals surface area contributed by atoms with E-state index in [-0.39, 0.29) is 12.3 Å². The molecule has 2 aromatic rings. The molecule has 1 aliphatic heterocycles. The van der Waals surface area contributed by atoms with E-state index in [2.05, 4.69) is 27.5 Å². The van der Waals surface area contributed by atoms with E-state index in [1.807, 2.05) is 30.3 Å². The Balaban J connectivity index is 1.48. The monoisotopic (exact) mass is 377 g/mol. The molecule has 3 rings (SSSR count). The highest BCUT2D eigenvalue weighted by atomic mass is 16.2. The van der Waals surface area contributed by atoms with Gasteiger partial charge in [0.25, 0.3) is 0 Å². The lowest BCUT2D eigenvalue weighted by Crippen LogP contribution is -2.44. The second-order valence-corrected chi connectivity index (χ2v) is 6.80. The Labute approximate surface area is 164 Å². The summed E-state index contributed by atoms with van der Waals surface area (Å²) in [6.45, 7) is 4.04. The highest BCUT2D eigenvalue weighted by Crippen LogP contribution is 2.19. The third-order valence-electron chi connectivity index (χ3n) is 4.64. The molecule has 144 valence electrons. The van der Waals surface area contributed by atoms with E-state index in [0.29, 0.717) is 16.9 Å². The smallest absolute Gasteiger partial charge is 0.233 e. The normalized spacial score (nSPS) is 14.2. The number of carbonyl (C=O) groups is 2. The van der Waals surface area contributed by atoms with Gasteiger partial charge in [0.1, 0.15) is 6.42 Å². The zero-order valence-corrected chi connectivity index (χ0v) is 15.8. The van der Waals surface area contributed by atoms with Gasteiger partial charge in [0.05, 0.1) is 11.6 Å². The number of amides is 2. The number of hydrogen-bond acceptors (Lipinski definition) is 5. The highest BCUT2D eigenvalue weighted by Gasteiger charge is 2.14. The largest absolute Gasteiger partial charge is 0.369 e. The number of carbonyl (C=O) groups excluding carboxylic acids is 2. The zero-order chi connectivity index (χ0) is 19.9. The minimum absolute atomic E-state index is 0.278. The standard InChI is InChI=1S/C21H23N5O2/c1-25-10-12-26(13-11-25)19-8-6-18(7-9-19)24-21(28)14-20(27)23-17-4-2-16(15-22)3-5-17/h2-9H,10-14H2,1H3,(H,23,27)(H,24,28). The van der Waals surface area contributed by atoms with Crippen LogP contribution in [0.5, 0.6) is 0 Å². The van der Waals surface area contributed by atoms with Crippen molar-refractivity contribution in [2.45, 2.75) is 6.42 Å². The van der Waals surface area contributed by atoms with Crippen molar-refractivity contribution in [1.82, 2.24) is 4.90 Å². The van der Waals surface area contributed by atoms with Crippen LogP contribution in [0.3, 0.4) is 0 Å². The Bertz CT molecular complexity index is 863. The Morgan fingerprint density at radius 1 is 0.893 bits per heavy atom. The minimum Gasteiger partial charge on any atom is -0.369 e. The van der Waals surface area contributed by atoms with Gasteiger partial charge in [0, 0.05) is 43.2 Å². The van der Waals surface area contributed by atoms with E-state index in [4.69, 9.17) is 5.26 Å². The van der Waals surface area contributed by atoms with Crippen LogP contribution < -0.4 is 15.5 Å². The van der Waals surface area contributed by atoms with Crippen molar-refractivity contribution >= 4 is 28.9 Å². The fourth-order valence-corrected chi connectivity index (χ4v) is 3.00. The summed E-state index contributed by atoms with van der Waals surface area (Å²) < 4.78 is 0. The first-order valence-electron chi connectivity index (χ1n) is 9.17. The van der Waals surface area contributed by atoms with Gasteiger partial charge >= 0.3 is 0 Å². The van der Waals surface area contributed by atoms with Crippen LogP contribution in [0.2, 0.25) is 0 Å². The van der Waals surface area contributed by atoms with E-state index in [1.165, 1.54) is 0 Å². The Kier molecular flexibility index (Phi) is 6.25. The minimum atomic E-state index is -0.406. The third kappa shape index (κ3) is 5.32. The SMILES string of the molecule is CN1CCN(c2ccc(NC(=O)CC(=O)Nc3ccc(C#N)cc3)cc2)CC1. The maximum atomic E-state index is 12.1.